The SMILES string of the molecule is COc1cc(C)c(/C(O)=C2\C(=O)C(=O)N(c3cc(C)ccc3C)C2c2ccccc2OC)cc1C(C)C. The summed E-state index contributed by atoms with van der Waals surface area (Å²) in [5.74, 6) is -0.309. The van der Waals surface area contributed by atoms with E-state index >= 15 is 0 Å². The van der Waals surface area contributed by atoms with Crippen LogP contribution in [0.25, 0.3) is 5.76 Å². The van der Waals surface area contributed by atoms with E-state index in [1.54, 1.807) is 20.3 Å². The first-order valence-corrected chi connectivity index (χ1v) is 12.3. The third-order valence-corrected chi connectivity index (χ3v) is 6.96. The number of para-hydroxylation sites is 1. The van der Waals surface area contributed by atoms with Crippen LogP contribution in [-0.2, 0) is 9.59 Å². The lowest BCUT2D eigenvalue weighted by atomic mass is 9.90. The van der Waals surface area contributed by atoms with Crippen LogP contribution in [0.1, 0.15) is 59.2 Å². The van der Waals surface area contributed by atoms with Gasteiger partial charge in [-0.25, -0.2) is 0 Å². The standard InChI is InChI=1S/C31H33NO5/c1-17(2)22-16-23(20(5)15-26(22)37-7)29(33)27-28(21-10-8-9-11-25(21)36-6)32(31(35)30(27)34)24-14-18(3)12-13-19(24)4/h8-17,28,33H,1-7H3/b29-27+. The summed E-state index contributed by atoms with van der Waals surface area (Å²) in [6, 6.07) is 15.9. The molecule has 6 nitrogen and oxygen atoms in total. The molecule has 1 aliphatic heterocycles. The minimum atomic E-state index is -0.874. The van der Waals surface area contributed by atoms with Crippen molar-refractivity contribution in [1.82, 2.24) is 0 Å². The molecule has 37 heavy (non-hydrogen) atoms. The molecule has 1 heterocycles. The summed E-state index contributed by atoms with van der Waals surface area (Å²) in [6.45, 7) is 9.75. The van der Waals surface area contributed by atoms with E-state index in [2.05, 4.69) is 0 Å². The number of rotatable bonds is 6. The number of Topliss-reactive ketones (excluding diaryl/α,β-unsaturated/α-hetero) is 1. The zero-order valence-electron chi connectivity index (χ0n) is 22.4. The van der Waals surface area contributed by atoms with Crippen molar-refractivity contribution in [2.24, 2.45) is 0 Å². The molecule has 0 radical (unpaired) electrons. The second kappa shape index (κ2) is 10.1. The Balaban J connectivity index is 2.05. The number of aliphatic hydroxyl groups excluding tert-OH is 1. The molecule has 0 aromatic heterocycles. The average Bonchev–Trinajstić information content (AvgIpc) is 3.14. The smallest absolute Gasteiger partial charge is 0.300 e. The Morgan fingerprint density at radius 2 is 1.57 bits per heavy atom. The van der Waals surface area contributed by atoms with E-state index in [1.807, 2.05) is 83.1 Å². The van der Waals surface area contributed by atoms with E-state index in [0.29, 0.717) is 28.3 Å². The van der Waals surface area contributed by atoms with Crippen LogP contribution in [0.15, 0.2) is 60.2 Å². The van der Waals surface area contributed by atoms with E-state index in [0.717, 1.165) is 22.3 Å². The number of nitrogens with zero attached hydrogens (tertiary/aromatic N) is 1. The fourth-order valence-corrected chi connectivity index (χ4v) is 4.97. The van der Waals surface area contributed by atoms with Crippen LogP contribution in [-0.4, -0.2) is 31.0 Å². The Labute approximate surface area is 218 Å². The highest BCUT2D eigenvalue weighted by molar-refractivity contribution is 6.51. The second-order valence-electron chi connectivity index (χ2n) is 9.76. The van der Waals surface area contributed by atoms with Gasteiger partial charge in [0.05, 0.1) is 25.8 Å². The van der Waals surface area contributed by atoms with Crippen molar-refractivity contribution >= 4 is 23.1 Å². The first-order chi connectivity index (χ1) is 17.6. The van der Waals surface area contributed by atoms with Crippen molar-refractivity contribution in [2.45, 2.75) is 46.6 Å². The summed E-state index contributed by atoms with van der Waals surface area (Å²) in [6.07, 6.45) is 0. The monoisotopic (exact) mass is 499 g/mol. The van der Waals surface area contributed by atoms with Gasteiger partial charge >= 0.3 is 0 Å². The van der Waals surface area contributed by atoms with Crippen LogP contribution < -0.4 is 14.4 Å². The van der Waals surface area contributed by atoms with E-state index < -0.39 is 17.7 Å². The van der Waals surface area contributed by atoms with Gasteiger partial charge in [0.1, 0.15) is 17.3 Å². The normalized spacial score (nSPS) is 17.0. The Morgan fingerprint density at radius 1 is 0.892 bits per heavy atom. The number of anilines is 1. The highest BCUT2D eigenvalue weighted by Gasteiger charge is 2.48. The lowest BCUT2D eigenvalue weighted by Crippen LogP contribution is -2.30. The first kappa shape index (κ1) is 26.0. The van der Waals surface area contributed by atoms with Crippen LogP contribution >= 0.6 is 0 Å². The van der Waals surface area contributed by atoms with Gasteiger partial charge in [-0.05, 0) is 73.2 Å². The summed E-state index contributed by atoms with van der Waals surface area (Å²) >= 11 is 0. The van der Waals surface area contributed by atoms with Gasteiger partial charge < -0.3 is 14.6 Å². The number of methoxy groups -OCH3 is 2. The molecule has 0 saturated carbocycles. The van der Waals surface area contributed by atoms with Gasteiger partial charge in [-0.2, -0.15) is 0 Å². The maximum Gasteiger partial charge on any atom is 0.300 e. The average molecular weight is 500 g/mol. The molecule has 192 valence electrons. The third kappa shape index (κ3) is 4.48. The van der Waals surface area contributed by atoms with Gasteiger partial charge in [0.2, 0.25) is 0 Å². The zero-order valence-corrected chi connectivity index (χ0v) is 22.4. The molecule has 1 aliphatic rings. The van der Waals surface area contributed by atoms with E-state index in [-0.39, 0.29) is 17.3 Å². The molecule has 6 heteroatoms. The predicted octanol–water partition coefficient (Wildman–Crippen LogP) is 6.38. The number of hydrogen-bond donors (Lipinski definition) is 1. The molecule has 3 aromatic carbocycles. The maximum atomic E-state index is 13.7. The third-order valence-electron chi connectivity index (χ3n) is 6.96. The molecule has 1 atom stereocenters. The van der Waals surface area contributed by atoms with Gasteiger partial charge in [0, 0.05) is 16.8 Å². The molecular weight excluding hydrogens is 466 g/mol. The van der Waals surface area contributed by atoms with Crippen molar-refractivity contribution < 1.29 is 24.2 Å². The van der Waals surface area contributed by atoms with Crippen LogP contribution in [0.2, 0.25) is 0 Å². The van der Waals surface area contributed by atoms with Gasteiger partial charge in [0.25, 0.3) is 11.7 Å². The Hall–Kier alpha value is -4.06. The zero-order chi connectivity index (χ0) is 27.0. The molecule has 4 rings (SSSR count). The number of hydrogen-bond acceptors (Lipinski definition) is 5. The minimum Gasteiger partial charge on any atom is -0.507 e. The van der Waals surface area contributed by atoms with E-state index in [9.17, 15) is 14.7 Å². The Morgan fingerprint density at radius 3 is 2.22 bits per heavy atom. The molecule has 1 unspecified atom stereocenters. The fourth-order valence-electron chi connectivity index (χ4n) is 4.97. The number of ether oxygens (including phenoxy) is 2. The summed E-state index contributed by atoms with van der Waals surface area (Å²) in [7, 11) is 3.16. The number of carbonyl (C=O) groups is 2. The number of ketones is 1. The fraction of sp³-hybridized carbons (Fsp3) is 0.290. The van der Waals surface area contributed by atoms with E-state index in [4.69, 9.17) is 9.47 Å². The summed E-state index contributed by atoms with van der Waals surface area (Å²) < 4.78 is 11.2. The quantitative estimate of drug-likeness (QED) is 0.242. The molecule has 1 saturated heterocycles. The highest BCUT2D eigenvalue weighted by Crippen LogP contribution is 2.46. The molecule has 0 spiro atoms. The highest BCUT2D eigenvalue weighted by atomic mass is 16.5. The van der Waals surface area contributed by atoms with Crippen molar-refractivity contribution in [1.29, 1.82) is 0 Å². The van der Waals surface area contributed by atoms with Gasteiger partial charge in [-0.1, -0.05) is 44.2 Å². The molecule has 3 aromatic rings. The summed E-state index contributed by atoms with van der Waals surface area (Å²) in [4.78, 5) is 28.8. The Kier molecular flexibility index (Phi) is 7.12. The number of carbonyl (C=O) groups excluding carboxylic acids is 2. The van der Waals surface area contributed by atoms with Crippen molar-refractivity contribution in [3.63, 3.8) is 0 Å². The molecule has 1 N–H and O–H groups in total. The van der Waals surface area contributed by atoms with Crippen molar-refractivity contribution in [3.8, 4) is 11.5 Å². The van der Waals surface area contributed by atoms with Crippen molar-refractivity contribution in [3.05, 3.63) is 93.6 Å². The van der Waals surface area contributed by atoms with E-state index in [1.165, 1.54) is 4.90 Å². The number of benzene rings is 3. The van der Waals surface area contributed by atoms with Crippen LogP contribution in [0, 0.1) is 20.8 Å². The molecule has 1 fully saturated rings. The molecule has 0 aliphatic carbocycles. The van der Waals surface area contributed by atoms with Gasteiger partial charge in [-0.3, -0.25) is 14.5 Å². The first-order valence-electron chi connectivity index (χ1n) is 12.3. The lowest BCUT2D eigenvalue weighted by molar-refractivity contribution is -0.132. The summed E-state index contributed by atoms with van der Waals surface area (Å²) in [5.41, 5.74) is 5.17. The minimum absolute atomic E-state index is 0.0263. The second-order valence-corrected chi connectivity index (χ2v) is 9.76. The molecular formula is C31H33NO5. The Bertz CT molecular complexity index is 1420. The largest absolute Gasteiger partial charge is 0.507 e. The van der Waals surface area contributed by atoms with Gasteiger partial charge in [0.15, 0.2) is 0 Å². The topological polar surface area (TPSA) is 76.1 Å². The lowest BCUT2D eigenvalue weighted by Gasteiger charge is -2.28. The van der Waals surface area contributed by atoms with Crippen LogP contribution in [0.4, 0.5) is 5.69 Å². The molecule has 0 bridgehead atoms. The predicted molar refractivity (Wildman–Crippen MR) is 146 cm³/mol. The number of aryl methyl sites for hydroxylation is 3. The number of aliphatic hydroxyl groups is 1. The number of amides is 1. The summed E-state index contributed by atoms with van der Waals surface area (Å²) in [5, 5.41) is 11.7. The van der Waals surface area contributed by atoms with Gasteiger partial charge in [-0.15, -0.1) is 0 Å². The maximum absolute atomic E-state index is 13.7. The van der Waals surface area contributed by atoms with Crippen molar-refractivity contribution in [2.75, 3.05) is 19.1 Å². The van der Waals surface area contributed by atoms with Crippen LogP contribution in [0.5, 0.6) is 11.5 Å². The molecule has 1 amide bonds. The van der Waals surface area contributed by atoms with Crippen LogP contribution in [0.3, 0.4) is 0 Å².